The third-order valence-electron chi connectivity index (χ3n) is 2.92. The van der Waals surface area contributed by atoms with Crippen molar-refractivity contribution in [1.82, 2.24) is 9.97 Å². The molecule has 2 nitrogen and oxygen atoms in total. The van der Waals surface area contributed by atoms with Gasteiger partial charge in [-0.2, -0.15) is 0 Å². The van der Waals surface area contributed by atoms with Gasteiger partial charge in [-0.3, -0.25) is 0 Å². The molecule has 2 heterocycles. The zero-order chi connectivity index (χ0) is 15.0. The zero-order valence-electron chi connectivity index (χ0n) is 10.9. The molecule has 0 aliphatic rings. The molecule has 0 N–H and O–H groups in total. The Morgan fingerprint density at radius 2 is 1.67 bits per heavy atom. The van der Waals surface area contributed by atoms with Crippen LogP contribution in [0.15, 0.2) is 36.4 Å². The first-order valence-electron chi connectivity index (χ1n) is 6.11. The monoisotopic (exact) mass is 338 g/mol. The van der Waals surface area contributed by atoms with E-state index >= 15 is 0 Å². The van der Waals surface area contributed by atoms with Gasteiger partial charge < -0.3 is 0 Å². The number of rotatable bonds is 2. The predicted octanol–water partition coefficient (Wildman–Crippen LogP) is 5.63. The van der Waals surface area contributed by atoms with E-state index in [2.05, 4.69) is 9.97 Å². The Bertz CT molecular complexity index is 794. The minimum atomic E-state index is -0.412. The number of thiophene rings is 1. The van der Waals surface area contributed by atoms with E-state index in [0.29, 0.717) is 17.0 Å². The second-order valence-corrected chi connectivity index (χ2v) is 6.40. The molecule has 0 radical (unpaired) electrons. The van der Waals surface area contributed by atoms with Crippen molar-refractivity contribution in [3.8, 4) is 21.8 Å². The fraction of sp³-hybridized carbons (Fsp3) is 0.0667. The maximum absolute atomic E-state index is 13.9. The van der Waals surface area contributed by atoms with Crippen LogP contribution in [0.4, 0.5) is 4.39 Å². The van der Waals surface area contributed by atoms with E-state index in [1.807, 2.05) is 19.1 Å². The summed E-state index contributed by atoms with van der Waals surface area (Å²) in [4.78, 5) is 10.5. The number of benzene rings is 1. The summed E-state index contributed by atoms with van der Waals surface area (Å²) in [6.07, 6.45) is 0. The molecule has 0 saturated carbocycles. The summed E-state index contributed by atoms with van der Waals surface area (Å²) < 4.78 is 13.9. The van der Waals surface area contributed by atoms with Gasteiger partial charge in [0.2, 0.25) is 0 Å². The summed E-state index contributed by atoms with van der Waals surface area (Å²) in [5.74, 6) is 0.0350. The van der Waals surface area contributed by atoms with E-state index in [1.165, 1.54) is 6.07 Å². The Morgan fingerprint density at radius 1 is 1.00 bits per heavy atom. The summed E-state index contributed by atoms with van der Waals surface area (Å²) in [6, 6.07) is 10.1. The second-order valence-electron chi connectivity index (χ2n) is 4.39. The number of halogens is 3. The average molecular weight is 339 g/mol. The van der Waals surface area contributed by atoms with Gasteiger partial charge in [-0.05, 0) is 25.1 Å². The molecule has 6 heteroatoms. The van der Waals surface area contributed by atoms with Gasteiger partial charge in [0.15, 0.2) is 5.82 Å². The number of hydrogen-bond acceptors (Lipinski definition) is 3. The minimum absolute atomic E-state index is 0.140. The maximum atomic E-state index is 13.9. The van der Waals surface area contributed by atoms with Crippen LogP contribution >= 0.6 is 34.5 Å². The highest BCUT2D eigenvalue weighted by atomic mass is 35.5. The van der Waals surface area contributed by atoms with Gasteiger partial charge in [-0.1, -0.05) is 41.4 Å². The summed E-state index contributed by atoms with van der Waals surface area (Å²) in [7, 11) is 0. The molecule has 106 valence electrons. The molecule has 0 bridgehead atoms. The van der Waals surface area contributed by atoms with Crippen molar-refractivity contribution in [2.24, 2.45) is 0 Å². The Morgan fingerprint density at radius 3 is 2.24 bits per heavy atom. The fourth-order valence-electron chi connectivity index (χ4n) is 1.96. The van der Waals surface area contributed by atoms with Crippen LogP contribution in [0, 0.1) is 12.7 Å². The van der Waals surface area contributed by atoms with Crippen molar-refractivity contribution in [3.63, 3.8) is 0 Å². The van der Waals surface area contributed by atoms with Gasteiger partial charge >= 0.3 is 0 Å². The van der Waals surface area contributed by atoms with Crippen LogP contribution in [0.3, 0.4) is 0 Å². The van der Waals surface area contributed by atoms with Crippen LogP contribution in [-0.4, -0.2) is 9.97 Å². The first-order valence-corrected chi connectivity index (χ1v) is 7.68. The highest BCUT2D eigenvalue weighted by molar-refractivity contribution is 7.15. The average Bonchev–Trinajstić information content (AvgIpc) is 2.87. The summed E-state index contributed by atoms with van der Waals surface area (Å²) in [5, 5.41) is 0.280. The van der Waals surface area contributed by atoms with Crippen LogP contribution < -0.4 is 0 Å². The maximum Gasteiger partial charge on any atom is 0.172 e. The van der Waals surface area contributed by atoms with Crippen molar-refractivity contribution in [1.29, 1.82) is 0 Å². The predicted molar refractivity (Wildman–Crippen MR) is 85.5 cm³/mol. The van der Waals surface area contributed by atoms with E-state index in [0.717, 1.165) is 9.75 Å². The largest absolute Gasteiger partial charge is 0.215 e. The standard InChI is InChI=1S/C15H9Cl2FN2S/c1-8-6-7-11(21-8)15-19-13(16)12(14(17)20-15)9-4-2-3-5-10(9)18/h2-7H,1H3. The van der Waals surface area contributed by atoms with E-state index < -0.39 is 5.82 Å². The topological polar surface area (TPSA) is 25.8 Å². The van der Waals surface area contributed by atoms with Crippen molar-refractivity contribution >= 4 is 34.5 Å². The Labute approximate surface area is 135 Å². The first kappa shape index (κ1) is 14.4. The molecule has 0 fully saturated rings. The molecule has 0 unspecified atom stereocenters. The van der Waals surface area contributed by atoms with Gasteiger partial charge in [-0.15, -0.1) is 11.3 Å². The molecule has 0 spiro atoms. The van der Waals surface area contributed by atoms with Crippen LogP contribution in [0.5, 0.6) is 0 Å². The molecule has 0 aliphatic heterocycles. The van der Waals surface area contributed by atoms with Crippen molar-refractivity contribution in [2.75, 3.05) is 0 Å². The van der Waals surface area contributed by atoms with Crippen molar-refractivity contribution in [2.45, 2.75) is 6.92 Å². The van der Waals surface area contributed by atoms with E-state index in [4.69, 9.17) is 23.2 Å². The Kier molecular flexibility index (Phi) is 3.93. The van der Waals surface area contributed by atoms with E-state index in [9.17, 15) is 4.39 Å². The number of aryl methyl sites for hydroxylation is 1. The molecule has 0 amide bonds. The van der Waals surface area contributed by atoms with Crippen LogP contribution in [0.1, 0.15) is 4.88 Å². The third-order valence-corrected chi connectivity index (χ3v) is 4.47. The number of aromatic nitrogens is 2. The molecule has 1 aromatic carbocycles. The van der Waals surface area contributed by atoms with Crippen LogP contribution in [0.25, 0.3) is 21.8 Å². The highest BCUT2D eigenvalue weighted by Crippen LogP contribution is 2.36. The normalized spacial score (nSPS) is 10.9. The van der Waals surface area contributed by atoms with Gasteiger partial charge in [0.05, 0.1) is 10.4 Å². The quantitative estimate of drug-likeness (QED) is 0.566. The molecule has 3 rings (SSSR count). The lowest BCUT2D eigenvalue weighted by molar-refractivity contribution is 0.631. The summed E-state index contributed by atoms with van der Waals surface area (Å²) in [6.45, 7) is 1.99. The van der Waals surface area contributed by atoms with Gasteiger partial charge in [0.1, 0.15) is 16.1 Å². The Hall–Kier alpha value is -1.49. The fourth-order valence-corrected chi connectivity index (χ4v) is 3.35. The number of hydrogen-bond donors (Lipinski definition) is 0. The molecule has 2 aromatic heterocycles. The van der Waals surface area contributed by atoms with Crippen LogP contribution in [-0.2, 0) is 0 Å². The zero-order valence-corrected chi connectivity index (χ0v) is 13.2. The van der Waals surface area contributed by atoms with Gasteiger partial charge in [-0.25, -0.2) is 14.4 Å². The molecule has 3 aromatic rings. The Balaban J connectivity index is 2.15. The molecule has 0 aliphatic carbocycles. The lowest BCUT2D eigenvalue weighted by Gasteiger charge is -2.08. The van der Waals surface area contributed by atoms with E-state index in [-0.39, 0.29) is 10.3 Å². The molecule has 0 saturated heterocycles. The molecular weight excluding hydrogens is 330 g/mol. The van der Waals surface area contributed by atoms with E-state index in [1.54, 1.807) is 29.5 Å². The molecule has 21 heavy (non-hydrogen) atoms. The minimum Gasteiger partial charge on any atom is -0.215 e. The first-order chi connectivity index (χ1) is 10.1. The summed E-state index contributed by atoms with van der Waals surface area (Å²) >= 11 is 13.9. The lowest BCUT2D eigenvalue weighted by atomic mass is 10.1. The summed E-state index contributed by atoms with van der Waals surface area (Å²) in [5.41, 5.74) is 0.606. The van der Waals surface area contributed by atoms with Crippen LogP contribution in [0.2, 0.25) is 10.3 Å². The van der Waals surface area contributed by atoms with Gasteiger partial charge in [0, 0.05) is 10.4 Å². The number of nitrogens with zero attached hydrogens (tertiary/aromatic N) is 2. The molecule has 0 atom stereocenters. The molecular formula is C15H9Cl2FN2S. The third kappa shape index (κ3) is 2.79. The smallest absolute Gasteiger partial charge is 0.172 e. The van der Waals surface area contributed by atoms with Crippen molar-refractivity contribution < 1.29 is 4.39 Å². The lowest BCUT2D eigenvalue weighted by Crippen LogP contribution is -1.95. The second kappa shape index (κ2) is 5.72. The van der Waals surface area contributed by atoms with Gasteiger partial charge in [0.25, 0.3) is 0 Å². The highest BCUT2D eigenvalue weighted by Gasteiger charge is 2.17. The SMILES string of the molecule is Cc1ccc(-c2nc(Cl)c(-c3ccccc3F)c(Cl)n2)s1. The van der Waals surface area contributed by atoms with Crippen molar-refractivity contribution in [3.05, 3.63) is 57.4 Å².